The lowest BCUT2D eigenvalue weighted by Crippen LogP contribution is -2.61. The van der Waals surface area contributed by atoms with Gasteiger partial charge in [-0.1, -0.05) is 37.4 Å². The summed E-state index contributed by atoms with van der Waals surface area (Å²) in [7, 11) is 0. The molecule has 13 nitrogen and oxygen atoms in total. The zero-order valence-corrected chi connectivity index (χ0v) is 28.5. The largest absolute Gasteiger partial charge is 0.508 e. The molecule has 2 aliphatic carbocycles. The Balaban J connectivity index is 1.22. The fourth-order valence-corrected chi connectivity index (χ4v) is 8.11. The maximum Gasteiger partial charge on any atom is 0.334 e. The molecule has 2 saturated carbocycles. The Bertz CT molecular complexity index is 1670. The van der Waals surface area contributed by atoms with Gasteiger partial charge < -0.3 is 49.2 Å². The average Bonchev–Trinajstić information content (AvgIpc) is 3.50. The summed E-state index contributed by atoms with van der Waals surface area (Å²) in [4.78, 5) is 38.5. The van der Waals surface area contributed by atoms with E-state index in [-0.39, 0.29) is 36.7 Å². The third-order valence-corrected chi connectivity index (χ3v) is 10.9. The Morgan fingerprint density at radius 3 is 2.12 bits per heavy atom. The van der Waals surface area contributed by atoms with Crippen molar-refractivity contribution >= 4 is 17.9 Å². The fourth-order valence-electron chi connectivity index (χ4n) is 8.11. The van der Waals surface area contributed by atoms with Crippen LogP contribution in [-0.2, 0) is 50.9 Å². The van der Waals surface area contributed by atoms with Crippen LogP contribution in [0.25, 0.3) is 0 Å². The van der Waals surface area contributed by atoms with E-state index in [9.17, 15) is 39.9 Å². The highest BCUT2D eigenvalue weighted by Gasteiger charge is 2.64. The van der Waals surface area contributed by atoms with Crippen LogP contribution < -0.4 is 0 Å². The minimum Gasteiger partial charge on any atom is -0.508 e. The number of rotatable bonds is 9. The molecular formula is C38H44O13. The topological polar surface area (TPSA) is 199 Å². The summed E-state index contributed by atoms with van der Waals surface area (Å²) in [5.74, 6) is -3.26. The van der Waals surface area contributed by atoms with Crippen LogP contribution in [0.1, 0.15) is 44.2 Å². The molecule has 13 heteroatoms. The monoisotopic (exact) mass is 708 g/mol. The number of benzene rings is 2. The maximum absolute atomic E-state index is 13.1. The van der Waals surface area contributed by atoms with Crippen LogP contribution in [0.5, 0.6) is 11.5 Å². The standard InChI is InChI=1S/C38H44O13/c1-19-25-13-14-37(3,46)26-17-27(20(2)31(26)38(25,4)51-35(19)45)48-36-34(50-30(42)16-22-7-11-24(40)12-8-22)33(44)32(43)28(49-36)18-47-29(41)15-21-5-9-23(39)10-6-21/h5-12,25-28,31-34,36,39-40,43-44,46H,1-2,13-18H2,3-4H3/t25-,26+,27-,28+,31-,32+,33-,34+,36+,37+,38-/m0/s1. The van der Waals surface area contributed by atoms with Crippen LogP contribution in [0.4, 0.5) is 0 Å². The molecule has 4 aliphatic rings. The van der Waals surface area contributed by atoms with Gasteiger partial charge in [0.25, 0.3) is 0 Å². The predicted molar refractivity (Wildman–Crippen MR) is 178 cm³/mol. The lowest BCUT2D eigenvalue weighted by molar-refractivity contribution is -0.311. The van der Waals surface area contributed by atoms with E-state index >= 15 is 0 Å². The summed E-state index contributed by atoms with van der Waals surface area (Å²) in [6.45, 7) is 11.3. The summed E-state index contributed by atoms with van der Waals surface area (Å²) < 4.78 is 29.5. The summed E-state index contributed by atoms with van der Waals surface area (Å²) >= 11 is 0. The lowest BCUT2D eigenvalue weighted by atomic mass is 9.70. The number of carbonyl (C=O) groups is 3. The van der Waals surface area contributed by atoms with Gasteiger partial charge in [-0.2, -0.15) is 0 Å². The predicted octanol–water partition coefficient (Wildman–Crippen LogP) is 2.39. The fraction of sp³-hybridized carbons (Fsp3) is 0.500. The van der Waals surface area contributed by atoms with Gasteiger partial charge in [0, 0.05) is 23.3 Å². The third kappa shape index (κ3) is 7.26. The highest BCUT2D eigenvalue weighted by Crippen LogP contribution is 2.59. The van der Waals surface area contributed by atoms with E-state index in [2.05, 4.69) is 13.2 Å². The lowest BCUT2D eigenvalue weighted by Gasteiger charge is -2.42. The number of phenols is 2. The van der Waals surface area contributed by atoms with Crippen LogP contribution >= 0.6 is 0 Å². The number of hydrogen-bond donors (Lipinski definition) is 5. The number of aromatic hydroxyl groups is 2. The van der Waals surface area contributed by atoms with Gasteiger partial charge in [0.2, 0.25) is 0 Å². The maximum atomic E-state index is 13.1. The molecule has 0 amide bonds. The van der Waals surface area contributed by atoms with E-state index < -0.39 is 84.4 Å². The second-order valence-electron chi connectivity index (χ2n) is 14.4. The number of esters is 3. The Kier molecular flexibility index (Phi) is 10.1. The number of hydrogen-bond acceptors (Lipinski definition) is 13. The van der Waals surface area contributed by atoms with Crippen LogP contribution in [0.2, 0.25) is 0 Å². The van der Waals surface area contributed by atoms with Gasteiger partial charge in [-0.3, -0.25) is 9.59 Å². The van der Waals surface area contributed by atoms with Crippen molar-refractivity contribution in [3.63, 3.8) is 0 Å². The Morgan fingerprint density at radius 2 is 1.51 bits per heavy atom. The van der Waals surface area contributed by atoms with Crippen molar-refractivity contribution in [2.24, 2.45) is 17.8 Å². The van der Waals surface area contributed by atoms with E-state index in [1.807, 2.05) is 6.92 Å². The van der Waals surface area contributed by atoms with Gasteiger partial charge in [0.15, 0.2) is 12.4 Å². The zero-order chi connectivity index (χ0) is 36.8. The van der Waals surface area contributed by atoms with E-state index in [1.54, 1.807) is 19.1 Å². The molecule has 2 aromatic carbocycles. The molecule has 0 unspecified atom stereocenters. The summed E-state index contributed by atoms with van der Waals surface area (Å²) in [5, 5.41) is 53.2. The summed E-state index contributed by atoms with van der Waals surface area (Å²) in [5.41, 5.74) is -0.316. The van der Waals surface area contributed by atoms with Crippen molar-refractivity contribution < 1.29 is 63.6 Å². The van der Waals surface area contributed by atoms with Crippen LogP contribution in [0.15, 0.2) is 72.8 Å². The molecule has 2 aliphatic heterocycles. The van der Waals surface area contributed by atoms with Crippen molar-refractivity contribution in [3.05, 3.63) is 84.0 Å². The molecule has 274 valence electrons. The molecule has 5 N–H and O–H groups in total. The molecule has 0 aromatic heterocycles. The summed E-state index contributed by atoms with van der Waals surface area (Å²) in [6, 6.07) is 11.9. The Morgan fingerprint density at radius 1 is 0.922 bits per heavy atom. The molecule has 2 heterocycles. The molecule has 11 atom stereocenters. The SMILES string of the molecule is C=C1C(=O)O[C@@]2(C)[C@H]1CC[C@@](C)(O)[C@@H]1C[C@H](O[C@@H]3O[C@H](COC(=O)Cc4ccc(O)cc4)[C@@H](O)[C@H](O)[C@H]3OC(=O)Cc3ccc(O)cc3)C(=C)[C@@H]12. The van der Waals surface area contributed by atoms with Gasteiger partial charge in [-0.15, -0.1) is 0 Å². The number of aliphatic hydroxyl groups excluding tert-OH is 2. The van der Waals surface area contributed by atoms with E-state index in [0.717, 1.165) is 0 Å². The van der Waals surface area contributed by atoms with E-state index in [4.69, 9.17) is 23.7 Å². The molecule has 51 heavy (non-hydrogen) atoms. The summed E-state index contributed by atoms with van der Waals surface area (Å²) in [6.07, 6.45) is -7.87. The average molecular weight is 709 g/mol. The van der Waals surface area contributed by atoms with Gasteiger partial charge in [-0.25, -0.2) is 4.79 Å². The van der Waals surface area contributed by atoms with Gasteiger partial charge in [0.05, 0.1) is 24.5 Å². The molecule has 2 aromatic rings. The number of fused-ring (bicyclic) bond motifs is 3. The molecular weight excluding hydrogens is 664 g/mol. The number of carbonyl (C=O) groups excluding carboxylic acids is 3. The van der Waals surface area contributed by atoms with Crippen molar-refractivity contribution in [3.8, 4) is 11.5 Å². The second kappa shape index (κ2) is 14.0. The van der Waals surface area contributed by atoms with Crippen molar-refractivity contribution in [1.82, 2.24) is 0 Å². The van der Waals surface area contributed by atoms with E-state index in [1.165, 1.54) is 36.4 Å². The second-order valence-corrected chi connectivity index (χ2v) is 14.4. The van der Waals surface area contributed by atoms with Crippen molar-refractivity contribution in [2.45, 2.75) is 94.0 Å². The first-order valence-electron chi connectivity index (χ1n) is 17.0. The first-order chi connectivity index (χ1) is 24.1. The quantitative estimate of drug-likeness (QED) is 0.110. The molecule has 2 saturated heterocycles. The third-order valence-electron chi connectivity index (χ3n) is 10.9. The Hall–Kier alpha value is -4.27. The van der Waals surface area contributed by atoms with Gasteiger partial charge >= 0.3 is 17.9 Å². The minimum absolute atomic E-state index is 0.0125. The molecule has 6 rings (SSSR count). The van der Waals surface area contributed by atoms with Crippen LogP contribution in [0.3, 0.4) is 0 Å². The number of aliphatic hydroxyl groups is 3. The van der Waals surface area contributed by atoms with Crippen LogP contribution in [-0.4, -0.2) is 98.1 Å². The zero-order valence-electron chi connectivity index (χ0n) is 28.5. The molecule has 0 bridgehead atoms. The van der Waals surface area contributed by atoms with Crippen LogP contribution in [0, 0.1) is 17.8 Å². The number of ether oxygens (including phenoxy) is 5. The highest BCUT2D eigenvalue weighted by atomic mass is 16.7. The number of phenolic OH excluding ortho intramolecular Hbond substituents is 2. The van der Waals surface area contributed by atoms with Gasteiger partial charge in [0.1, 0.15) is 42.0 Å². The highest BCUT2D eigenvalue weighted by molar-refractivity contribution is 5.91. The van der Waals surface area contributed by atoms with E-state index in [0.29, 0.717) is 35.1 Å². The molecule has 0 spiro atoms. The van der Waals surface area contributed by atoms with Gasteiger partial charge in [-0.05, 0) is 74.1 Å². The normalized spacial score (nSPS) is 36.1. The Labute approximate surface area is 295 Å². The minimum atomic E-state index is -1.74. The molecule has 0 radical (unpaired) electrons. The van der Waals surface area contributed by atoms with Crippen molar-refractivity contribution in [1.29, 1.82) is 0 Å². The molecule has 4 fully saturated rings. The van der Waals surface area contributed by atoms with Crippen molar-refractivity contribution in [2.75, 3.05) is 6.61 Å². The first-order valence-corrected chi connectivity index (χ1v) is 17.0. The smallest absolute Gasteiger partial charge is 0.334 e. The first kappa shape index (κ1) is 36.5.